The molecule has 0 aromatic carbocycles. The summed E-state index contributed by atoms with van der Waals surface area (Å²) in [6.45, 7) is 0.648. The van der Waals surface area contributed by atoms with Gasteiger partial charge in [0.15, 0.2) is 12.6 Å². The molecule has 27 heavy (non-hydrogen) atoms. The first-order valence-corrected chi connectivity index (χ1v) is 8.90. The Balaban J connectivity index is 2.21. The highest BCUT2D eigenvalue weighted by Gasteiger charge is 2.57. The molecule has 2 rings (SSSR count). The first-order valence-electron chi connectivity index (χ1n) is 8.90. The lowest BCUT2D eigenvalue weighted by Crippen LogP contribution is -2.69. The Kier molecular flexibility index (Phi) is 7.93. The molecule has 0 bridgehead atoms. The summed E-state index contributed by atoms with van der Waals surface area (Å²) in [5, 5.41) is 69.7. The predicted octanol–water partition coefficient (Wildman–Crippen LogP) is -3.57. The van der Waals surface area contributed by atoms with Gasteiger partial charge in [0.25, 0.3) is 0 Å². The molecule has 0 aliphatic carbocycles. The van der Waals surface area contributed by atoms with Gasteiger partial charge in [-0.2, -0.15) is 0 Å². The van der Waals surface area contributed by atoms with Crippen molar-refractivity contribution in [1.29, 1.82) is 0 Å². The van der Waals surface area contributed by atoms with Gasteiger partial charge in [0.1, 0.15) is 48.3 Å². The molecule has 0 radical (unpaired) electrons. The van der Waals surface area contributed by atoms with Crippen LogP contribution in [0.4, 0.5) is 0 Å². The van der Waals surface area contributed by atoms with Crippen molar-refractivity contribution in [3.05, 3.63) is 0 Å². The van der Waals surface area contributed by atoms with Crippen LogP contribution in [0, 0.1) is 0 Å². The SMILES string of the molecule is CCC[C@@]1(OC)C(CO)O[C@H](O[C@@H]2C(CO)O[C@H](O)[C@@H](O)C2O)[C@@H](O)C1O. The fourth-order valence-electron chi connectivity index (χ4n) is 3.74. The van der Waals surface area contributed by atoms with Crippen LogP contribution in [-0.2, 0) is 18.9 Å². The monoisotopic (exact) mass is 398 g/mol. The van der Waals surface area contributed by atoms with E-state index in [1.807, 2.05) is 6.92 Å². The molecule has 0 saturated carbocycles. The molecule has 11 nitrogen and oxygen atoms in total. The van der Waals surface area contributed by atoms with Crippen LogP contribution in [0.5, 0.6) is 0 Å². The van der Waals surface area contributed by atoms with Gasteiger partial charge in [-0.1, -0.05) is 13.3 Å². The minimum Gasteiger partial charge on any atom is -0.394 e. The van der Waals surface area contributed by atoms with E-state index in [2.05, 4.69) is 0 Å². The third-order valence-corrected chi connectivity index (χ3v) is 5.26. The predicted molar refractivity (Wildman–Crippen MR) is 87.3 cm³/mol. The fraction of sp³-hybridized carbons (Fsp3) is 1.00. The summed E-state index contributed by atoms with van der Waals surface area (Å²) in [6.07, 6.45) is -12.5. The van der Waals surface area contributed by atoms with Crippen molar-refractivity contribution in [1.82, 2.24) is 0 Å². The molecule has 2 aliphatic rings. The van der Waals surface area contributed by atoms with Crippen molar-refractivity contribution in [2.75, 3.05) is 20.3 Å². The van der Waals surface area contributed by atoms with Gasteiger partial charge in [-0.15, -0.1) is 0 Å². The van der Waals surface area contributed by atoms with Crippen LogP contribution in [0.3, 0.4) is 0 Å². The smallest absolute Gasteiger partial charge is 0.187 e. The highest BCUT2D eigenvalue weighted by molar-refractivity contribution is 5.03. The van der Waals surface area contributed by atoms with Crippen LogP contribution < -0.4 is 0 Å². The Morgan fingerprint density at radius 3 is 2.11 bits per heavy atom. The molecule has 2 saturated heterocycles. The number of aliphatic hydroxyl groups is 7. The maximum Gasteiger partial charge on any atom is 0.187 e. The molecule has 0 spiro atoms. The first kappa shape index (κ1) is 22.8. The van der Waals surface area contributed by atoms with E-state index in [1.54, 1.807) is 0 Å². The summed E-state index contributed by atoms with van der Waals surface area (Å²) < 4.78 is 21.5. The highest BCUT2D eigenvalue weighted by Crippen LogP contribution is 2.38. The molecule has 0 aromatic heterocycles. The second kappa shape index (κ2) is 9.37. The van der Waals surface area contributed by atoms with Gasteiger partial charge in [0.2, 0.25) is 0 Å². The van der Waals surface area contributed by atoms with Crippen LogP contribution in [0.2, 0.25) is 0 Å². The molecule has 7 N–H and O–H groups in total. The quantitative estimate of drug-likeness (QED) is 0.225. The Morgan fingerprint density at radius 1 is 0.926 bits per heavy atom. The zero-order valence-corrected chi connectivity index (χ0v) is 15.3. The number of methoxy groups -OCH3 is 1. The number of rotatable bonds is 7. The first-order chi connectivity index (χ1) is 12.8. The Hall–Kier alpha value is -0.440. The van der Waals surface area contributed by atoms with Crippen molar-refractivity contribution in [2.45, 2.75) is 80.7 Å². The molecule has 4 unspecified atom stereocenters. The summed E-state index contributed by atoms with van der Waals surface area (Å²) in [5.41, 5.74) is -1.36. The van der Waals surface area contributed by atoms with Crippen LogP contribution in [0.25, 0.3) is 0 Å². The summed E-state index contributed by atoms with van der Waals surface area (Å²) >= 11 is 0. The molecule has 11 heteroatoms. The van der Waals surface area contributed by atoms with Crippen molar-refractivity contribution in [2.24, 2.45) is 0 Å². The molecule has 10 atom stereocenters. The summed E-state index contributed by atoms with van der Waals surface area (Å²) in [7, 11) is 1.33. The van der Waals surface area contributed by atoms with Crippen molar-refractivity contribution in [3.63, 3.8) is 0 Å². The molecular formula is C16H30O11. The summed E-state index contributed by atoms with van der Waals surface area (Å²) in [4.78, 5) is 0. The highest BCUT2D eigenvalue weighted by atomic mass is 16.7. The van der Waals surface area contributed by atoms with E-state index >= 15 is 0 Å². The molecule has 160 valence electrons. The topological polar surface area (TPSA) is 179 Å². The second-order valence-corrected chi connectivity index (χ2v) is 6.85. The molecule has 0 amide bonds. The average Bonchev–Trinajstić information content (AvgIpc) is 2.67. The van der Waals surface area contributed by atoms with E-state index < -0.39 is 74.1 Å². The van der Waals surface area contributed by atoms with E-state index in [0.717, 1.165) is 0 Å². The Morgan fingerprint density at radius 2 is 1.59 bits per heavy atom. The van der Waals surface area contributed by atoms with Gasteiger partial charge < -0.3 is 54.7 Å². The Labute approximate surface area is 156 Å². The molecule has 2 heterocycles. The normalized spacial score (nSPS) is 48.6. The van der Waals surface area contributed by atoms with Crippen LogP contribution in [0.1, 0.15) is 19.8 Å². The maximum atomic E-state index is 10.6. The standard InChI is InChI=1S/C16H30O11/c1-3-4-16(24-2)8(6-18)26-15(11(21)13(16)22)27-12-7(5-17)25-14(23)10(20)9(12)19/h7-15,17-23H,3-6H2,1-2H3/t7?,8?,9?,10-,11-,12+,13?,14-,15+,16+/m0/s1. The lowest BCUT2D eigenvalue weighted by molar-refractivity contribution is -0.372. The van der Waals surface area contributed by atoms with Crippen LogP contribution in [-0.4, -0.2) is 117 Å². The van der Waals surface area contributed by atoms with E-state index in [9.17, 15) is 35.7 Å². The fourth-order valence-corrected chi connectivity index (χ4v) is 3.74. The van der Waals surface area contributed by atoms with Crippen LogP contribution in [0.15, 0.2) is 0 Å². The van der Waals surface area contributed by atoms with Gasteiger partial charge in [-0.05, 0) is 6.42 Å². The number of ether oxygens (including phenoxy) is 4. The number of hydrogen-bond acceptors (Lipinski definition) is 11. The van der Waals surface area contributed by atoms with Crippen molar-refractivity contribution < 1.29 is 54.7 Å². The third-order valence-electron chi connectivity index (χ3n) is 5.26. The lowest BCUT2D eigenvalue weighted by Gasteiger charge is -2.51. The Bertz CT molecular complexity index is 460. The second-order valence-electron chi connectivity index (χ2n) is 6.85. The van der Waals surface area contributed by atoms with Crippen molar-refractivity contribution >= 4 is 0 Å². The largest absolute Gasteiger partial charge is 0.394 e. The molecule has 0 aromatic rings. The van der Waals surface area contributed by atoms with E-state index in [4.69, 9.17) is 18.9 Å². The van der Waals surface area contributed by atoms with Gasteiger partial charge in [0, 0.05) is 7.11 Å². The maximum absolute atomic E-state index is 10.6. The van der Waals surface area contributed by atoms with Crippen molar-refractivity contribution in [3.8, 4) is 0 Å². The third kappa shape index (κ3) is 4.14. The summed E-state index contributed by atoms with van der Waals surface area (Å²) in [6, 6.07) is 0. The minimum atomic E-state index is -1.73. The minimum absolute atomic E-state index is 0.291. The van der Waals surface area contributed by atoms with Crippen LogP contribution >= 0.6 is 0 Å². The average molecular weight is 398 g/mol. The molecule has 2 fully saturated rings. The number of hydrogen-bond donors (Lipinski definition) is 7. The lowest BCUT2D eigenvalue weighted by atomic mass is 9.80. The number of aliphatic hydroxyl groups excluding tert-OH is 7. The molecular weight excluding hydrogens is 368 g/mol. The van der Waals surface area contributed by atoms with E-state index in [0.29, 0.717) is 12.8 Å². The zero-order chi connectivity index (χ0) is 20.4. The summed E-state index contributed by atoms with van der Waals surface area (Å²) in [5.74, 6) is 0. The molecule has 2 aliphatic heterocycles. The van der Waals surface area contributed by atoms with Gasteiger partial charge in [-0.3, -0.25) is 0 Å². The van der Waals surface area contributed by atoms with E-state index in [1.165, 1.54) is 7.11 Å². The van der Waals surface area contributed by atoms with Gasteiger partial charge >= 0.3 is 0 Å². The zero-order valence-electron chi connectivity index (χ0n) is 15.3. The van der Waals surface area contributed by atoms with Gasteiger partial charge in [0.05, 0.1) is 13.2 Å². The van der Waals surface area contributed by atoms with Gasteiger partial charge in [-0.25, -0.2) is 0 Å². The van der Waals surface area contributed by atoms with E-state index in [-0.39, 0.29) is 0 Å².